The summed E-state index contributed by atoms with van der Waals surface area (Å²) in [5.41, 5.74) is 7.45. The van der Waals surface area contributed by atoms with Gasteiger partial charge >= 0.3 is 0 Å². The summed E-state index contributed by atoms with van der Waals surface area (Å²) in [5, 5.41) is 0. The summed E-state index contributed by atoms with van der Waals surface area (Å²) in [6.07, 6.45) is 0. The van der Waals surface area contributed by atoms with Gasteiger partial charge in [0.2, 0.25) is 0 Å². The first-order valence-electron chi connectivity index (χ1n) is 6.33. The van der Waals surface area contributed by atoms with Crippen molar-refractivity contribution >= 4 is 0 Å². The number of nitrogens with zero attached hydrogens (tertiary/aromatic N) is 1. The van der Waals surface area contributed by atoms with Gasteiger partial charge in [0.15, 0.2) is 0 Å². The molecule has 4 nitrogen and oxygen atoms in total. The summed E-state index contributed by atoms with van der Waals surface area (Å²) in [6, 6.07) is 8.49. The van der Waals surface area contributed by atoms with Crippen molar-refractivity contribution in [2.75, 3.05) is 27.4 Å². The van der Waals surface area contributed by atoms with E-state index in [2.05, 4.69) is 18.9 Å². The molecule has 0 fully saturated rings. The van der Waals surface area contributed by atoms with Gasteiger partial charge in [0, 0.05) is 18.7 Å². The van der Waals surface area contributed by atoms with E-state index in [9.17, 15) is 0 Å². The number of nitrogens with two attached hydrogens (primary N) is 1. The minimum absolute atomic E-state index is 0.0146. The largest absolute Gasteiger partial charge is 0.492 e. The number of hydrogen-bond donors (Lipinski definition) is 1. The average Bonchev–Trinajstić information content (AvgIpc) is 2.39. The highest BCUT2D eigenvalue weighted by Gasteiger charge is 2.32. The number of para-hydroxylation sites is 1. The number of hydrogen-bond acceptors (Lipinski definition) is 4. The molecular weight excluding hydrogens is 228 g/mol. The predicted molar refractivity (Wildman–Crippen MR) is 71.8 cm³/mol. The second-order valence-corrected chi connectivity index (χ2v) is 4.91. The Morgan fingerprint density at radius 2 is 2.22 bits per heavy atom. The molecule has 0 bridgehead atoms. The Kier molecular flexibility index (Phi) is 4.22. The van der Waals surface area contributed by atoms with Gasteiger partial charge in [0.25, 0.3) is 0 Å². The van der Waals surface area contributed by atoms with E-state index in [-0.39, 0.29) is 12.1 Å². The van der Waals surface area contributed by atoms with Gasteiger partial charge in [-0.25, -0.2) is 0 Å². The van der Waals surface area contributed by atoms with Gasteiger partial charge in [-0.3, -0.25) is 4.90 Å². The number of rotatable bonds is 4. The highest BCUT2D eigenvalue weighted by atomic mass is 16.5. The highest BCUT2D eigenvalue weighted by Crippen LogP contribution is 2.32. The minimum atomic E-state index is -0.0146. The van der Waals surface area contributed by atoms with Crippen molar-refractivity contribution in [2.24, 2.45) is 5.73 Å². The topological polar surface area (TPSA) is 47.7 Å². The molecule has 0 amide bonds. The lowest BCUT2D eigenvalue weighted by atomic mass is 9.95. The van der Waals surface area contributed by atoms with Crippen LogP contribution in [-0.2, 0) is 4.74 Å². The molecule has 4 heteroatoms. The zero-order valence-electron chi connectivity index (χ0n) is 11.3. The molecule has 0 spiro atoms. The van der Waals surface area contributed by atoms with Crippen LogP contribution in [0.1, 0.15) is 18.5 Å². The number of fused-ring (bicyclic) bond motifs is 1. The molecule has 0 radical (unpaired) electrons. The van der Waals surface area contributed by atoms with Gasteiger partial charge in [-0.15, -0.1) is 0 Å². The smallest absolute Gasteiger partial charge is 0.124 e. The quantitative estimate of drug-likeness (QED) is 0.878. The first-order chi connectivity index (χ1) is 8.65. The predicted octanol–water partition coefficient (Wildman–Crippen LogP) is 1.41. The van der Waals surface area contributed by atoms with Gasteiger partial charge in [-0.05, 0) is 20.0 Å². The van der Waals surface area contributed by atoms with Crippen LogP contribution < -0.4 is 10.5 Å². The Balaban J connectivity index is 2.13. The Morgan fingerprint density at radius 3 is 2.94 bits per heavy atom. The number of benzene rings is 1. The summed E-state index contributed by atoms with van der Waals surface area (Å²) in [4.78, 5) is 2.24. The van der Waals surface area contributed by atoms with Crippen LogP contribution in [0.15, 0.2) is 24.3 Å². The van der Waals surface area contributed by atoms with Crippen molar-refractivity contribution in [2.45, 2.75) is 25.0 Å². The van der Waals surface area contributed by atoms with Gasteiger partial charge in [0.1, 0.15) is 12.4 Å². The normalized spacial score (nSPS) is 24.5. The summed E-state index contributed by atoms with van der Waals surface area (Å²) >= 11 is 0. The van der Waals surface area contributed by atoms with E-state index in [4.69, 9.17) is 15.2 Å². The number of ether oxygens (including phenoxy) is 2. The standard InChI is InChI=1S/C14H22N2O2/c1-10(8-17-3)16(2)12-9-18-13-7-5-4-6-11(13)14(12)15/h4-7,10,12,14H,8-9,15H2,1-3H3. The molecule has 1 aromatic rings. The highest BCUT2D eigenvalue weighted by molar-refractivity contribution is 5.38. The molecule has 3 unspecified atom stereocenters. The fourth-order valence-corrected chi connectivity index (χ4v) is 2.43. The van der Waals surface area contributed by atoms with E-state index in [1.165, 1.54) is 0 Å². The average molecular weight is 250 g/mol. The third-order valence-corrected chi connectivity index (χ3v) is 3.73. The van der Waals surface area contributed by atoms with Gasteiger partial charge in [0.05, 0.1) is 18.7 Å². The van der Waals surface area contributed by atoms with Crippen LogP contribution in [-0.4, -0.2) is 44.4 Å². The molecule has 0 saturated heterocycles. The zero-order chi connectivity index (χ0) is 13.1. The van der Waals surface area contributed by atoms with Crippen molar-refractivity contribution in [1.29, 1.82) is 0 Å². The molecule has 0 saturated carbocycles. The molecule has 1 aromatic carbocycles. The molecule has 0 aliphatic carbocycles. The molecule has 2 rings (SSSR count). The maximum absolute atomic E-state index is 6.36. The Morgan fingerprint density at radius 1 is 1.50 bits per heavy atom. The fourth-order valence-electron chi connectivity index (χ4n) is 2.43. The third kappa shape index (κ3) is 2.51. The monoisotopic (exact) mass is 250 g/mol. The number of methoxy groups -OCH3 is 1. The maximum atomic E-state index is 6.36. The van der Waals surface area contributed by atoms with Crippen LogP contribution in [0, 0.1) is 0 Å². The lowest BCUT2D eigenvalue weighted by Gasteiger charge is -2.39. The van der Waals surface area contributed by atoms with Gasteiger partial charge in [-0.2, -0.15) is 0 Å². The van der Waals surface area contributed by atoms with E-state index in [1.54, 1.807) is 7.11 Å². The van der Waals surface area contributed by atoms with Gasteiger partial charge in [-0.1, -0.05) is 18.2 Å². The Labute approximate surface area is 109 Å². The van der Waals surface area contributed by atoms with Crippen LogP contribution in [0.5, 0.6) is 5.75 Å². The van der Waals surface area contributed by atoms with Gasteiger partial charge < -0.3 is 15.2 Å². The second kappa shape index (κ2) is 5.69. The third-order valence-electron chi connectivity index (χ3n) is 3.73. The van der Waals surface area contributed by atoms with E-state index < -0.39 is 0 Å². The SMILES string of the molecule is COCC(C)N(C)C1COc2ccccc2C1N. The molecule has 100 valence electrons. The second-order valence-electron chi connectivity index (χ2n) is 4.91. The minimum Gasteiger partial charge on any atom is -0.492 e. The van der Waals surface area contributed by atoms with Crippen LogP contribution in [0.25, 0.3) is 0 Å². The van der Waals surface area contributed by atoms with E-state index in [0.29, 0.717) is 19.3 Å². The molecule has 2 N–H and O–H groups in total. The summed E-state index contributed by atoms with van der Waals surface area (Å²) in [5.74, 6) is 0.911. The van der Waals surface area contributed by atoms with E-state index >= 15 is 0 Å². The first kappa shape index (κ1) is 13.3. The molecular formula is C14H22N2O2. The van der Waals surface area contributed by atoms with E-state index in [0.717, 1.165) is 11.3 Å². The van der Waals surface area contributed by atoms with Crippen LogP contribution in [0.4, 0.5) is 0 Å². The molecule has 1 aliphatic heterocycles. The van der Waals surface area contributed by atoms with Crippen molar-refractivity contribution in [3.05, 3.63) is 29.8 Å². The van der Waals surface area contributed by atoms with Crippen LogP contribution in [0.3, 0.4) is 0 Å². The summed E-state index contributed by atoms with van der Waals surface area (Å²) in [6.45, 7) is 3.46. The first-order valence-corrected chi connectivity index (χ1v) is 6.33. The maximum Gasteiger partial charge on any atom is 0.124 e. The fraction of sp³-hybridized carbons (Fsp3) is 0.571. The molecule has 0 aromatic heterocycles. The Bertz CT molecular complexity index is 397. The summed E-state index contributed by atoms with van der Waals surface area (Å²) < 4.78 is 11.0. The van der Waals surface area contributed by atoms with Crippen molar-refractivity contribution in [3.8, 4) is 5.75 Å². The summed E-state index contributed by atoms with van der Waals surface area (Å²) in [7, 11) is 3.79. The molecule has 3 atom stereocenters. The lowest BCUT2D eigenvalue weighted by molar-refractivity contribution is 0.0502. The van der Waals surface area contributed by atoms with Crippen LogP contribution >= 0.6 is 0 Å². The molecule has 18 heavy (non-hydrogen) atoms. The molecule has 1 heterocycles. The van der Waals surface area contributed by atoms with Crippen molar-refractivity contribution < 1.29 is 9.47 Å². The lowest BCUT2D eigenvalue weighted by Crippen LogP contribution is -2.51. The van der Waals surface area contributed by atoms with E-state index in [1.807, 2.05) is 24.3 Å². The van der Waals surface area contributed by atoms with Crippen molar-refractivity contribution in [3.63, 3.8) is 0 Å². The number of likely N-dealkylation sites (N-methyl/N-ethyl adjacent to an activating group) is 1. The molecule has 1 aliphatic rings. The Hall–Kier alpha value is -1.10. The van der Waals surface area contributed by atoms with Crippen molar-refractivity contribution in [1.82, 2.24) is 4.90 Å². The van der Waals surface area contributed by atoms with Crippen LogP contribution in [0.2, 0.25) is 0 Å². The zero-order valence-corrected chi connectivity index (χ0v) is 11.3.